The van der Waals surface area contributed by atoms with Gasteiger partial charge in [0.1, 0.15) is 5.82 Å². The van der Waals surface area contributed by atoms with Gasteiger partial charge in [-0.1, -0.05) is 6.42 Å². The van der Waals surface area contributed by atoms with Crippen molar-refractivity contribution in [3.05, 3.63) is 39.9 Å². The largest absolute Gasteiger partial charge is 0.339 e. The number of rotatable bonds is 3. The fraction of sp³-hybridized carbons (Fsp3) is 0.550. The minimum Gasteiger partial charge on any atom is -0.339 e. The van der Waals surface area contributed by atoms with Crippen LogP contribution in [0.1, 0.15) is 55.2 Å². The fourth-order valence-electron chi connectivity index (χ4n) is 3.83. The second-order valence-electron chi connectivity index (χ2n) is 7.52. The summed E-state index contributed by atoms with van der Waals surface area (Å²) < 4.78 is 1.82. The third-order valence-electron chi connectivity index (χ3n) is 5.80. The molecule has 1 fully saturated rings. The molecule has 0 radical (unpaired) electrons. The summed E-state index contributed by atoms with van der Waals surface area (Å²) in [5.74, 6) is 1.50. The topological polar surface area (TPSA) is 55.2 Å². The van der Waals surface area contributed by atoms with E-state index in [2.05, 4.69) is 6.92 Å². The van der Waals surface area contributed by atoms with Gasteiger partial charge in [-0.05, 0) is 56.7 Å². The summed E-state index contributed by atoms with van der Waals surface area (Å²) in [5, 5.41) is 0.611. The normalized spacial score (nSPS) is 18.5. The highest BCUT2D eigenvalue weighted by Gasteiger charge is 2.32. The third kappa shape index (κ3) is 2.96. The molecule has 0 spiro atoms. The molecule has 1 aromatic carbocycles. The van der Waals surface area contributed by atoms with Gasteiger partial charge in [0.15, 0.2) is 0 Å². The Balaban J connectivity index is 1.72. The first-order valence-corrected chi connectivity index (χ1v) is 9.37. The van der Waals surface area contributed by atoms with Gasteiger partial charge < -0.3 is 4.90 Å². The van der Waals surface area contributed by atoms with Crippen molar-refractivity contribution >= 4 is 16.8 Å². The van der Waals surface area contributed by atoms with E-state index in [-0.39, 0.29) is 17.5 Å². The van der Waals surface area contributed by atoms with Gasteiger partial charge in [0, 0.05) is 31.6 Å². The maximum Gasteiger partial charge on any atom is 0.261 e. The molecule has 2 heterocycles. The van der Waals surface area contributed by atoms with Crippen molar-refractivity contribution in [1.82, 2.24) is 14.5 Å². The molecule has 2 aliphatic rings. The summed E-state index contributed by atoms with van der Waals surface area (Å²) in [6.45, 7) is 2.86. The molecular weight excluding hydrogens is 314 g/mol. The van der Waals surface area contributed by atoms with Crippen LogP contribution in [0, 0.1) is 5.92 Å². The Morgan fingerprint density at radius 3 is 2.84 bits per heavy atom. The van der Waals surface area contributed by atoms with Crippen molar-refractivity contribution in [3.8, 4) is 0 Å². The summed E-state index contributed by atoms with van der Waals surface area (Å²) in [5.41, 5.74) is 1.30. The maximum absolute atomic E-state index is 12.8. The van der Waals surface area contributed by atoms with Gasteiger partial charge in [0.25, 0.3) is 11.5 Å². The molecule has 25 heavy (non-hydrogen) atoms. The van der Waals surface area contributed by atoms with Gasteiger partial charge in [0.05, 0.1) is 10.9 Å². The fourth-order valence-corrected chi connectivity index (χ4v) is 3.83. The quantitative estimate of drug-likeness (QED) is 0.864. The molecule has 4 rings (SSSR count). The van der Waals surface area contributed by atoms with Crippen LogP contribution >= 0.6 is 0 Å². The Morgan fingerprint density at radius 1 is 1.28 bits per heavy atom. The van der Waals surface area contributed by atoms with Crippen molar-refractivity contribution in [2.45, 2.75) is 58.0 Å². The summed E-state index contributed by atoms with van der Waals surface area (Å²) >= 11 is 0. The Labute approximate surface area is 147 Å². The molecule has 5 nitrogen and oxygen atoms in total. The van der Waals surface area contributed by atoms with Crippen LogP contribution in [0.4, 0.5) is 0 Å². The van der Waals surface area contributed by atoms with Gasteiger partial charge in [-0.2, -0.15) is 0 Å². The molecule has 0 saturated heterocycles. The highest BCUT2D eigenvalue weighted by atomic mass is 16.2. The van der Waals surface area contributed by atoms with Gasteiger partial charge in [-0.15, -0.1) is 0 Å². The van der Waals surface area contributed by atoms with Gasteiger partial charge in [-0.25, -0.2) is 4.98 Å². The van der Waals surface area contributed by atoms with Crippen LogP contribution in [0.2, 0.25) is 0 Å². The van der Waals surface area contributed by atoms with Crippen LogP contribution in [0.3, 0.4) is 0 Å². The van der Waals surface area contributed by atoms with Gasteiger partial charge in [0.2, 0.25) is 0 Å². The van der Waals surface area contributed by atoms with Gasteiger partial charge in [-0.3, -0.25) is 14.2 Å². The molecule has 0 unspecified atom stereocenters. The van der Waals surface area contributed by atoms with E-state index in [1.54, 1.807) is 18.2 Å². The number of benzene rings is 1. The van der Waals surface area contributed by atoms with E-state index in [0.717, 1.165) is 38.1 Å². The number of amides is 1. The molecule has 0 N–H and O–H groups in total. The van der Waals surface area contributed by atoms with Crippen molar-refractivity contribution in [1.29, 1.82) is 0 Å². The number of fused-ring (bicyclic) bond motifs is 2. The Kier molecular flexibility index (Phi) is 4.10. The van der Waals surface area contributed by atoms with Crippen LogP contribution < -0.4 is 5.56 Å². The van der Waals surface area contributed by atoms with Crippen molar-refractivity contribution in [2.75, 3.05) is 7.05 Å². The number of hydrogen-bond acceptors (Lipinski definition) is 3. The first-order chi connectivity index (χ1) is 12.1. The smallest absolute Gasteiger partial charge is 0.261 e. The summed E-state index contributed by atoms with van der Waals surface area (Å²) in [6, 6.07) is 5.59. The molecule has 1 aliphatic heterocycles. The first kappa shape index (κ1) is 16.3. The van der Waals surface area contributed by atoms with E-state index < -0.39 is 0 Å². The van der Waals surface area contributed by atoms with Crippen LogP contribution in [-0.2, 0) is 13.0 Å². The average Bonchev–Trinajstić information content (AvgIpc) is 3.46. The zero-order valence-electron chi connectivity index (χ0n) is 15.0. The molecule has 1 aliphatic carbocycles. The Hall–Kier alpha value is -2.17. The van der Waals surface area contributed by atoms with E-state index in [1.165, 1.54) is 12.8 Å². The van der Waals surface area contributed by atoms with E-state index in [0.29, 0.717) is 22.4 Å². The minimum atomic E-state index is 0.0122. The second-order valence-corrected chi connectivity index (χ2v) is 7.52. The predicted octanol–water partition coefficient (Wildman–Crippen LogP) is 2.99. The maximum atomic E-state index is 12.8. The monoisotopic (exact) mass is 339 g/mol. The van der Waals surface area contributed by atoms with Crippen molar-refractivity contribution in [3.63, 3.8) is 0 Å². The lowest BCUT2D eigenvalue weighted by atomic mass is 10.1. The standard InChI is InChI=1S/C20H25N3O2/c1-13(14-7-8-14)22(2)19(24)15-9-10-16-17(12-15)21-18-6-4-3-5-11-23(18)20(16)25/h9-10,12-14H,3-8,11H2,1-2H3/t13-/m0/s1. The number of nitrogens with zero attached hydrogens (tertiary/aromatic N) is 3. The lowest BCUT2D eigenvalue weighted by molar-refractivity contribution is 0.0727. The molecule has 5 heteroatoms. The molecule has 132 valence electrons. The lowest BCUT2D eigenvalue weighted by Crippen LogP contribution is -2.36. The SMILES string of the molecule is C[C@@H](C1CC1)N(C)C(=O)c1ccc2c(=O)n3c(nc2c1)CCCCC3. The first-order valence-electron chi connectivity index (χ1n) is 9.37. The zero-order valence-corrected chi connectivity index (χ0v) is 15.0. The second kappa shape index (κ2) is 6.28. The van der Waals surface area contributed by atoms with Crippen molar-refractivity contribution in [2.24, 2.45) is 5.92 Å². The summed E-state index contributed by atoms with van der Waals surface area (Å²) in [7, 11) is 1.87. The number of carbonyl (C=O) groups excluding carboxylic acids is 1. The average molecular weight is 339 g/mol. The Morgan fingerprint density at radius 2 is 2.08 bits per heavy atom. The molecule has 2 aromatic rings. The lowest BCUT2D eigenvalue weighted by Gasteiger charge is -2.25. The van der Waals surface area contributed by atoms with E-state index >= 15 is 0 Å². The van der Waals surface area contributed by atoms with Crippen LogP contribution in [0.15, 0.2) is 23.0 Å². The molecular formula is C20H25N3O2. The predicted molar refractivity (Wildman–Crippen MR) is 97.8 cm³/mol. The summed E-state index contributed by atoms with van der Waals surface area (Å²) in [6.07, 6.45) is 6.48. The highest BCUT2D eigenvalue weighted by molar-refractivity contribution is 5.97. The highest BCUT2D eigenvalue weighted by Crippen LogP contribution is 2.35. The van der Waals surface area contributed by atoms with Crippen LogP contribution in [0.25, 0.3) is 10.9 Å². The van der Waals surface area contributed by atoms with E-state index in [9.17, 15) is 9.59 Å². The van der Waals surface area contributed by atoms with E-state index in [4.69, 9.17) is 4.98 Å². The molecule has 1 atom stereocenters. The molecule has 1 aromatic heterocycles. The summed E-state index contributed by atoms with van der Waals surface area (Å²) in [4.78, 5) is 32.1. The van der Waals surface area contributed by atoms with E-state index in [1.807, 2.05) is 16.5 Å². The van der Waals surface area contributed by atoms with Crippen LogP contribution in [0.5, 0.6) is 0 Å². The molecule has 1 saturated carbocycles. The molecule has 0 bridgehead atoms. The third-order valence-corrected chi connectivity index (χ3v) is 5.80. The van der Waals surface area contributed by atoms with Crippen LogP contribution in [-0.4, -0.2) is 33.4 Å². The number of aryl methyl sites for hydroxylation is 1. The number of aromatic nitrogens is 2. The van der Waals surface area contributed by atoms with Crippen molar-refractivity contribution < 1.29 is 4.79 Å². The Bertz CT molecular complexity index is 882. The van der Waals surface area contributed by atoms with Gasteiger partial charge >= 0.3 is 0 Å². The zero-order chi connectivity index (χ0) is 17.6. The molecule has 1 amide bonds. The number of hydrogen-bond donors (Lipinski definition) is 0. The number of carbonyl (C=O) groups is 1. The minimum absolute atomic E-state index is 0.0122.